The van der Waals surface area contributed by atoms with E-state index in [-0.39, 0.29) is 61.9 Å². The van der Waals surface area contributed by atoms with E-state index in [0.29, 0.717) is 45.7 Å². The number of carbonyl (C=O) groups excluding carboxylic acids is 2. The van der Waals surface area contributed by atoms with Crippen molar-refractivity contribution in [3.8, 4) is 11.3 Å². The number of hydrogen-bond acceptors (Lipinski definition) is 9. The molecule has 0 atom stereocenters. The van der Waals surface area contributed by atoms with E-state index < -0.39 is 33.4 Å². The molecule has 1 amide bonds. The van der Waals surface area contributed by atoms with Crippen molar-refractivity contribution in [1.29, 1.82) is 0 Å². The fourth-order valence-corrected chi connectivity index (χ4v) is 6.63. The molecule has 1 fully saturated rings. The molecule has 1 aromatic heterocycles. The average molecular weight is 709 g/mol. The van der Waals surface area contributed by atoms with Crippen LogP contribution in [0.15, 0.2) is 71.2 Å². The average Bonchev–Trinajstić information content (AvgIpc) is 3.87. The number of carboxylic acids is 1. The number of benzene rings is 3. The Morgan fingerprint density at radius 2 is 1.74 bits per heavy atom. The van der Waals surface area contributed by atoms with E-state index in [0.717, 1.165) is 18.4 Å². The Hall–Kier alpha value is -4.89. The van der Waals surface area contributed by atoms with Crippen molar-refractivity contribution in [2.75, 3.05) is 33.4 Å². The number of halogens is 1. The summed E-state index contributed by atoms with van der Waals surface area (Å²) in [5.41, 5.74) is 3.61. The molecule has 4 N–H and O–H groups in total. The van der Waals surface area contributed by atoms with E-state index in [1.54, 1.807) is 24.3 Å². The van der Waals surface area contributed by atoms with Crippen molar-refractivity contribution in [3.05, 3.63) is 100 Å². The minimum atomic E-state index is -3.73. The zero-order valence-electron chi connectivity index (χ0n) is 27.2. The predicted molar refractivity (Wildman–Crippen MR) is 182 cm³/mol. The molecular weight excluding hydrogens is 671 g/mol. The van der Waals surface area contributed by atoms with Gasteiger partial charge in [-0.1, -0.05) is 18.2 Å². The van der Waals surface area contributed by atoms with Crippen LogP contribution in [0.4, 0.5) is 4.39 Å². The highest BCUT2D eigenvalue weighted by Gasteiger charge is 2.31. The lowest BCUT2D eigenvalue weighted by Gasteiger charge is -2.12. The molecule has 1 aliphatic carbocycles. The van der Waals surface area contributed by atoms with Crippen LogP contribution in [-0.2, 0) is 41.4 Å². The Bertz CT molecular complexity index is 2020. The van der Waals surface area contributed by atoms with Crippen LogP contribution in [0.25, 0.3) is 28.1 Å². The second-order valence-electron chi connectivity index (χ2n) is 11.8. The van der Waals surface area contributed by atoms with Gasteiger partial charge in [0.25, 0.3) is 11.7 Å². The van der Waals surface area contributed by atoms with Crippen molar-refractivity contribution < 1.29 is 51.3 Å². The molecule has 50 heavy (non-hydrogen) atoms. The largest absolute Gasteiger partial charge is 0.507 e. The fourth-order valence-electron chi connectivity index (χ4n) is 5.41. The monoisotopic (exact) mass is 708 g/mol. The number of hydrogen-bond donors (Lipinski definition) is 4. The lowest BCUT2D eigenvalue weighted by Crippen LogP contribution is -2.27. The number of sulfonamides is 1. The first kappa shape index (κ1) is 36.4. The zero-order valence-corrected chi connectivity index (χ0v) is 28.1. The Labute approximate surface area is 287 Å². The van der Waals surface area contributed by atoms with Crippen molar-refractivity contribution in [2.24, 2.45) is 0 Å². The second-order valence-corrected chi connectivity index (χ2v) is 13.6. The first-order valence-electron chi connectivity index (χ1n) is 15.9. The van der Waals surface area contributed by atoms with E-state index in [1.165, 1.54) is 37.4 Å². The summed E-state index contributed by atoms with van der Waals surface area (Å²) < 4.78 is 59.7. The van der Waals surface area contributed by atoms with Crippen molar-refractivity contribution in [2.45, 2.75) is 37.5 Å². The van der Waals surface area contributed by atoms with Gasteiger partial charge in [0.15, 0.2) is 0 Å². The van der Waals surface area contributed by atoms with Crippen LogP contribution < -0.4 is 10.0 Å². The highest BCUT2D eigenvalue weighted by Crippen LogP contribution is 2.45. The van der Waals surface area contributed by atoms with Crippen LogP contribution in [0.5, 0.6) is 0 Å². The number of carbonyl (C=O) groups is 3. The van der Waals surface area contributed by atoms with E-state index in [9.17, 15) is 32.3 Å². The van der Waals surface area contributed by atoms with Crippen LogP contribution in [0.2, 0.25) is 0 Å². The Kier molecular flexibility index (Phi) is 11.8. The first-order chi connectivity index (χ1) is 24.0. The van der Waals surface area contributed by atoms with E-state index >= 15 is 0 Å². The maximum Gasteiger partial charge on any atom is 0.376 e. The number of rotatable bonds is 18. The zero-order chi connectivity index (χ0) is 35.8. The number of fused-ring (bicyclic) bond motifs is 1. The number of ketones is 1. The van der Waals surface area contributed by atoms with Crippen LogP contribution >= 0.6 is 0 Å². The van der Waals surface area contributed by atoms with Crippen molar-refractivity contribution in [3.63, 3.8) is 0 Å². The van der Waals surface area contributed by atoms with Crippen molar-refractivity contribution >= 4 is 44.4 Å². The molecule has 14 heteroatoms. The quantitative estimate of drug-likeness (QED) is 0.0472. The Balaban J connectivity index is 1.11. The summed E-state index contributed by atoms with van der Waals surface area (Å²) >= 11 is 0. The fraction of sp³-hybridized carbons (Fsp3) is 0.306. The van der Waals surface area contributed by atoms with Crippen LogP contribution in [-0.4, -0.2) is 69.7 Å². The third-order valence-corrected chi connectivity index (χ3v) is 9.34. The number of carboxylic acid groups (broad SMARTS) is 1. The molecule has 1 aliphatic rings. The Morgan fingerprint density at radius 1 is 1.00 bits per heavy atom. The maximum absolute atomic E-state index is 13.6. The third-order valence-electron chi connectivity index (χ3n) is 8.00. The number of aliphatic hydroxyl groups excluding tert-OH is 1. The molecule has 264 valence electrons. The maximum atomic E-state index is 13.6. The lowest BCUT2D eigenvalue weighted by molar-refractivity contribution is -0.146. The van der Waals surface area contributed by atoms with Gasteiger partial charge in [-0.15, -0.1) is 0 Å². The summed E-state index contributed by atoms with van der Waals surface area (Å²) in [5.74, 6) is -3.96. The SMILES string of the molecule is CNC(=O)c1c(-c2ccc(F)cc2)oc2cc(CS(=O)(=O)NCCCOCCOCc3cccc(/C(O)=C/C(=O)C(=O)O)c3)c(C3CC3)cc12. The summed E-state index contributed by atoms with van der Waals surface area (Å²) in [6.07, 6.45) is 2.88. The molecule has 0 aliphatic heterocycles. The molecule has 0 spiro atoms. The number of nitrogens with one attached hydrogen (secondary N) is 2. The van der Waals surface area contributed by atoms with Gasteiger partial charge in [0.05, 0.1) is 31.1 Å². The third kappa shape index (κ3) is 9.41. The highest BCUT2D eigenvalue weighted by atomic mass is 32.2. The summed E-state index contributed by atoms with van der Waals surface area (Å²) in [6, 6.07) is 15.6. The number of aliphatic carboxylic acids is 1. The number of ether oxygens (including phenoxy) is 2. The smallest absolute Gasteiger partial charge is 0.376 e. The molecule has 0 bridgehead atoms. The van der Waals surface area contributed by atoms with Crippen LogP contribution in [0, 0.1) is 5.82 Å². The van der Waals surface area contributed by atoms with Crippen molar-refractivity contribution in [1.82, 2.24) is 10.0 Å². The topological polar surface area (TPSA) is 181 Å². The molecule has 4 aromatic rings. The van der Waals surface area contributed by atoms with E-state index in [4.69, 9.17) is 19.0 Å². The Morgan fingerprint density at radius 3 is 2.44 bits per heavy atom. The lowest BCUT2D eigenvalue weighted by atomic mass is 9.98. The van der Waals surface area contributed by atoms with Crippen LogP contribution in [0.3, 0.4) is 0 Å². The second kappa shape index (κ2) is 16.2. The molecule has 1 saturated carbocycles. The molecule has 5 rings (SSSR count). The van der Waals surface area contributed by atoms with Gasteiger partial charge in [-0.25, -0.2) is 22.3 Å². The molecular formula is C36H37FN2O10S. The minimum Gasteiger partial charge on any atom is -0.507 e. The normalized spacial score (nSPS) is 13.4. The predicted octanol–water partition coefficient (Wildman–Crippen LogP) is 5.07. The molecule has 12 nitrogen and oxygen atoms in total. The first-order valence-corrected chi connectivity index (χ1v) is 17.6. The van der Waals surface area contributed by atoms with Gasteiger partial charge in [-0.2, -0.15) is 0 Å². The number of amides is 1. The highest BCUT2D eigenvalue weighted by molar-refractivity contribution is 7.88. The van der Waals surface area contributed by atoms with Crippen LogP contribution in [0.1, 0.15) is 57.8 Å². The number of furan rings is 1. The van der Waals surface area contributed by atoms with Gasteiger partial charge >= 0.3 is 5.97 Å². The summed E-state index contributed by atoms with van der Waals surface area (Å²) in [5, 5.41) is 21.9. The standard InChI is InChI=1S/C36H37FN2O10S/c1-38-35(42)33-29-18-28(23-6-7-23)26(17-32(29)49-34(33)24-8-10-27(37)11-9-24)21-50(45,46)39-12-3-13-47-14-15-48-20-22-4-2-5-25(16-22)30(40)19-31(41)36(43)44/h2,4-5,8-11,16-19,23,39-40H,3,6-7,12-15,20-21H2,1H3,(H,38,42)(H,43,44)/b30-19-. The van der Waals surface area contributed by atoms with Gasteiger partial charge in [-0.3, -0.25) is 9.59 Å². The van der Waals surface area contributed by atoms with Gasteiger partial charge in [0, 0.05) is 42.8 Å². The van der Waals surface area contributed by atoms with Gasteiger partial charge in [0.1, 0.15) is 22.9 Å². The summed E-state index contributed by atoms with van der Waals surface area (Å²) in [6.45, 7) is 1.15. The summed E-state index contributed by atoms with van der Waals surface area (Å²) in [4.78, 5) is 34.9. The van der Waals surface area contributed by atoms with Gasteiger partial charge in [-0.05, 0) is 84.3 Å². The molecule has 0 saturated heterocycles. The van der Waals surface area contributed by atoms with Gasteiger partial charge < -0.3 is 29.4 Å². The molecule has 3 aromatic carbocycles. The van der Waals surface area contributed by atoms with Gasteiger partial charge in [0.2, 0.25) is 10.0 Å². The van der Waals surface area contributed by atoms with E-state index in [2.05, 4.69) is 10.0 Å². The number of aliphatic hydroxyl groups is 1. The molecule has 0 radical (unpaired) electrons. The summed E-state index contributed by atoms with van der Waals surface area (Å²) in [7, 11) is -2.22. The minimum absolute atomic E-state index is 0.161. The molecule has 1 heterocycles. The van der Waals surface area contributed by atoms with E-state index in [1.807, 2.05) is 6.07 Å². The molecule has 0 unspecified atom stereocenters.